The molecule has 1 heterocycles. The summed E-state index contributed by atoms with van der Waals surface area (Å²) in [7, 11) is 0. The van der Waals surface area contributed by atoms with Gasteiger partial charge in [0.25, 0.3) is 0 Å². The van der Waals surface area contributed by atoms with Crippen LogP contribution in [0.15, 0.2) is 54.6 Å². The topological polar surface area (TPSA) is 54.5 Å². The van der Waals surface area contributed by atoms with Gasteiger partial charge in [0.15, 0.2) is 5.69 Å². The second-order valence-electron chi connectivity index (χ2n) is 4.13. The first-order chi connectivity index (χ1) is 9.81. The molecule has 0 bridgehead atoms. The highest BCUT2D eigenvalue weighted by atomic mass is 19.1. The lowest BCUT2D eigenvalue weighted by Gasteiger charge is -2.07. The number of halogens is 1. The molecule has 0 fully saturated rings. The average molecular weight is 264 g/mol. The van der Waals surface area contributed by atoms with Crippen LogP contribution in [0.2, 0.25) is 0 Å². The van der Waals surface area contributed by atoms with Crippen LogP contribution in [0.4, 0.5) is 4.39 Å². The Kier molecular flexibility index (Phi) is 2.98. The summed E-state index contributed by atoms with van der Waals surface area (Å²) in [5.74, 6) is -0.418. The molecule has 5 heteroatoms. The SMILES string of the molecule is N#Cc1nnn(-c2ccccc2F)c1-c1ccccc1. The Bertz CT molecular complexity index is 787. The molecule has 0 unspecified atom stereocenters. The van der Waals surface area contributed by atoms with E-state index in [0.29, 0.717) is 5.69 Å². The van der Waals surface area contributed by atoms with E-state index in [1.807, 2.05) is 36.4 Å². The highest BCUT2D eigenvalue weighted by molar-refractivity contribution is 5.66. The van der Waals surface area contributed by atoms with Crippen LogP contribution in [0.3, 0.4) is 0 Å². The molecule has 0 aliphatic carbocycles. The van der Waals surface area contributed by atoms with Crippen molar-refractivity contribution in [2.24, 2.45) is 0 Å². The fraction of sp³-hybridized carbons (Fsp3) is 0. The van der Waals surface area contributed by atoms with E-state index in [4.69, 9.17) is 5.26 Å². The zero-order valence-electron chi connectivity index (χ0n) is 10.4. The van der Waals surface area contributed by atoms with Crippen molar-refractivity contribution < 1.29 is 4.39 Å². The third-order valence-electron chi connectivity index (χ3n) is 2.90. The maximum Gasteiger partial charge on any atom is 0.191 e. The third-order valence-corrected chi connectivity index (χ3v) is 2.90. The minimum atomic E-state index is -0.418. The maximum atomic E-state index is 13.9. The highest BCUT2D eigenvalue weighted by Crippen LogP contribution is 2.25. The minimum Gasteiger partial charge on any atom is -0.208 e. The number of benzene rings is 2. The van der Waals surface area contributed by atoms with E-state index in [1.54, 1.807) is 18.2 Å². The molecule has 0 amide bonds. The molecule has 1 aromatic heterocycles. The quantitative estimate of drug-likeness (QED) is 0.715. The fourth-order valence-corrected chi connectivity index (χ4v) is 2.00. The van der Waals surface area contributed by atoms with Gasteiger partial charge < -0.3 is 0 Å². The van der Waals surface area contributed by atoms with Gasteiger partial charge >= 0.3 is 0 Å². The van der Waals surface area contributed by atoms with Crippen LogP contribution >= 0.6 is 0 Å². The number of nitrogens with zero attached hydrogens (tertiary/aromatic N) is 4. The lowest BCUT2D eigenvalue weighted by atomic mass is 10.1. The number of hydrogen-bond donors (Lipinski definition) is 0. The van der Waals surface area contributed by atoms with Gasteiger partial charge in [-0.3, -0.25) is 0 Å². The van der Waals surface area contributed by atoms with Gasteiger partial charge in [-0.05, 0) is 12.1 Å². The Balaban J connectivity index is 2.27. The van der Waals surface area contributed by atoms with E-state index in [-0.39, 0.29) is 11.4 Å². The molecule has 20 heavy (non-hydrogen) atoms. The van der Waals surface area contributed by atoms with Crippen molar-refractivity contribution in [3.63, 3.8) is 0 Å². The first-order valence-electron chi connectivity index (χ1n) is 5.97. The summed E-state index contributed by atoms with van der Waals surface area (Å²) in [6.45, 7) is 0. The molecule has 3 aromatic rings. The highest BCUT2D eigenvalue weighted by Gasteiger charge is 2.17. The lowest BCUT2D eigenvalue weighted by molar-refractivity contribution is 0.608. The molecule has 0 spiro atoms. The first kappa shape index (κ1) is 12.1. The van der Waals surface area contributed by atoms with Gasteiger partial charge in [0.05, 0.1) is 0 Å². The minimum absolute atomic E-state index is 0.166. The summed E-state index contributed by atoms with van der Waals surface area (Å²) < 4.78 is 15.3. The van der Waals surface area contributed by atoms with Crippen LogP contribution in [0.1, 0.15) is 5.69 Å². The van der Waals surface area contributed by atoms with E-state index in [9.17, 15) is 4.39 Å². The van der Waals surface area contributed by atoms with E-state index in [0.717, 1.165) is 5.56 Å². The maximum absolute atomic E-state index is 13.9. The predicted octanol–water partition coefficient (Wildman–Crippen LogP) is 2.95. The number of nitriles is 1. The first-order valence-corrected chi connectivity index (χ1v) is 5.97. The average Bonchev–Trinajstić information content (AvgIpc) is 2.92. The van der Waals surface area contributed by atoms with Crippen LogP contribution in [-0.2, 0) is 0 Å². The van der Waals surface area contributed by atoms with Gasteiger partial charge in [-0.25, -0.2) is 9.07 Å². The van der Waals surface area contributed by atoms with Gasteiger partial charge in [0, 0.05) is 5.56 Å². The largest absolute Gasteiger partial charge is 0.208 e. The second-order valence-corrected chi connectivity index (χ2v) is 4.13. The summed E-state index contributed by atoms with van der Waals surface area (Å²) in [6.07, 6.45) is 0. The number of hydrogen-bond acceptors (Lipinski definition) is 3. The molecule has 0 saturated heterocycles. The number of aromatic nitrogens is 3. The number of para-hydroxylation sites is 1. The molecule has 3 rings (SSSR count). The predicted molar refractivity (Wildman–Crippen MR) is 71.5 cm³/mol. The monoisotopic (exact) mass is 264 g/mol. The summed E-state index contributed by atoms with van der Waals surface area (Å²) in [5, 5.41) is 16.9. The van der Waals surface area contributed by atoms with Crippen molar-refractivity contribution >= 4 is 0 Å². The van der Waals surface area contributed by atoms with Gasteiger partial charge in [-0.1, -0.05) is 47.7 Å². The van der Waals surface area contributed by atoms with E-state index < -0.39 is 5.82 Å². The Morgan fingerprint density at radius 2 is 1.70 bits per heavy atom. The normalized spacial score (nSPS) is 10.2. The molecule has 2 aromatic carbocycles. The van der Waals surface area contributed by atoms with Gasteiger partial charge in [-0.15, -0.1) is 5.10 Å². The Hall–Kier alpha value is -3.00. The van der Waals surface area contributed by atoms with E-state index >= 15 is 0 Å². The van der Waals surface area contributed by atoms with Crippen LogP contribution in [0.25, 0.3) is 16.9 Å². The fourth-order valence-electron chi connectivity index (χ4n) is 2.00. The van der Waals surface area contributed by atoms with Crippen LogP contribution in [0.5, 0.6) is 0 Å². The Labute approximate surface area is 114 Å². The van der Waals surface area contributed by atoms with Gasteiger partial charge in [0.1, 0.15) is 23.3 Å². The van der Waals surface area contributed by atoms with Crippen molar-refractivity contribution in [3.05, 3.63) is 66.1 Å². The zero-order chi connectivity index (χ0) is 13.9. The molecule has 0 atom stereocenters. The van der Waals surface area contributed by atoms with Crippen molar-refractivity contribution in [1.82, 2.24) is 15.0 Å². The molecular weight excluding hydrogens is 255 g/mol. The second kappa shape index (κ2) is 4.94. The van der Waals surface area contributed by atoms with Crippen LogP contribution < -0.4 is 0 Å². The standard InChI is InChI=1S/C15H9FN4/c16-12-8-4-5-9-14(12)20-15(13(10-17)18-19-20)11-6-2-1-3-7-11/h1-9H. The van der Waals surface area contributed by atoms with Crippen LogP contribution in [0, 0.1) is 17.1 Å². The van der Waals surface area contributed by atoms with Crippen LogP contribution in [-0.4, -0.2) is 15.0 Å². The molecular formula is C15H9FN4. The third kappa shape index (κ3) is 1.93. The summed E-state index contributed by atoms with van der Waals surface area (Å²) in [5.41, 5.74) is 1.68. The molecule has 0 aliphatic rings. The Morgan fingerprint density at radius 1 is 1.00 bits per heavy atom. The van der Waals surface area contributed by atoms with Gasteiger partial charge in [-0.2, -0.15) is 5.26 Å². The molecule has 96 valence electrons. The van der Waals surface area contributed by atoms with E-state index in [2.05, 4.69) is 10.3 Å². The van der Waals surface area contributed by atoms with E-state index in [1.165, 1.54) is 10.7 Å². The Morgan fingerprint density at radius 3 is 2.40 bits per heavy atom. The van der Waals surface area contributed by atoms with Crippen molar-refractivity contribution in [2.75, 3.05) is 0 Å². The smallest absolute Gasteiger partial charge is 0.191 e. The zero-order valence-corrected chi connectivity index (χ0v) is 10.4. The summed E-state index contributed by atoms with van der Waals surface area (Å²) in [6, 6.07) is 17.4. The molecule has 0 radical (unpaired) electrons. The van der Waals surface area contributed by atoms with Gasteiger partial charge in [0.2, 0.25) is 0 Å². The molecule has 0 N–H and O–H groups in total. The van der Waals surface area contributed by atoms with Crippen molar-refractivity contribution in [1.29, 1.82) is 5.26 Å². The summed E-state index contributed by atoms with van der Waals surface area (Å²) >= 11 is 0. The summed E-state index contributed by atoms with van der Waals surface area (Å²) in [4.78, 5) is 0. The molecule has 4 nitrogen and oxygen atoms in total. The molecule has 0 aliphatic heterocycles. The van der Waals surface area contributed by atoms with Crippen molar-refractivity contribution in [2.45, 2.75) is 0 Å². The lowest BCUT2D eigenvalue weighted by Crippen LogP contribution is -2.02. The van der Waals surface area contributed by atoms with Crippen molar-refractivity contribution in [3.8, 4) is 23.0 Å². The number of rotatable bonds is 2. The molecule has 0 saturated carbocycles.